The van der Waals surface area contributed by atoms with Crippen molar-refractivity contribution < 1.29 is 4.74 Å². The van der Waals surface area contributed by atoms with Gasteiger partial charge in [-0.25, -0.2) is 4.98 Å². The Balaban J connectivity index is 2.08. The van der Waals surface area contributed by atoms with E-state index in [1.807, 2.05) is 11.8 Å². The first-order chi connectivity index (χ1) is 6.79. The van der Waals surface area contributed by atoms with Crippen molar-refractivity contribution in [3.63, 3.8) is 0 Å². The molecule has 1 atom stereocenters. The minimum absolute atomic E-state index is 0.340. The van der Waals surface area contributed by atoms with Gasteiger partial charge in [0.2, 0.25) is 5.13 Å². The number of anilines is 1. The van der Waals surface area contributed by atoms with Gasteiger partial charge in [0, 0.05) is 18.1 Å². The van der Waals surface area contributed by atoms with E-state index < -0.39 is 0 Å². The molecule has 6 heteroatoms. The molecular weight excluding hydrogens is 200 g/mol. The van der Waals surface area contributed by atoms with E-state index in [0.717, 1.165) is 17.5 Å². The van der Waals surface area contributed by atoms with Gasteiger partial charge in [-0.15, -0.1) is 0 Å². The van der Waals surface area contributed by atoms with Gasteiger partial charge in [-0.05, 0) is 6.92 Å². The lowest BCUT2D eigenvalue weighted by Gasteiger charge is -2.28. The second-order valence-electron chi connectivity index (χ2n) is 3.06. The molecule has 1 aromatic heterocycles. The Kier molecular flexibility index (Phi) is 2.61. The lowest BCUT2D eigenvalue weighted by Crippen LogP contribution is -2.41. The number of hydrogen-bond donors (Lipinski definition) is 0. The molecule has 2 heterocycles. The molecule has 0 radical (unpaired) electrons. The zero-order valence-electron chi connectivity index (χ0n) is 7.80. The smallest absolute Gasteiger partial charge is 0.205 e. The average Bonchev–Trinajstić information content (AvgIpc) is 2.65. The van der Waals surface area contributed by atoms with Crippen LogP contribution in [-0.4, -0.2) is 35.2 Å². The van der Waals surface area contributed by atoms with E-state index in [2.05, 4.69) is 15.4 Å². The third-order valence-corrected chi connectivity index (χ3v) is 2.87. The summed E-state index contributed by atoms with van der Waals surface area (Å²) in [4.78, 5) is 6.32. The second kappa shape index (κ2) is 3.90. The fourth-order valence-electron chi connectivity index (χ4n) is 1.32. The van der Waals surface area contributed by atoms with Crippen LogP contribution < -0.4 is 4.90 Å². The molecule has 1 aliphatic heterocycles. The third kappa shape index (κ3) is 1.84. The minimum atomic E-state index is -0.340. The van der Waals surface area contributed by atoms with Crippen LogP contribution in [0, 0.1) is 18.3 Å². The topological polar surface area (TPSA) is 62.0 Å². The zero-order valence-corrected chi connectivity index (χ0v) is 8.62. The van der Waals surface area contributed by atoms with Crippen molar-refractivity contribution in [1.82, 2.24) is 9.36 Å². The lowest BCUT2D eigenvalue weighted by molar-refractivity contribution is 0.0764. The summed E-state index contributed by atoms with van der Waals surface area (Å²) in [6.45, 7) is 3.82. The fraction of sp³-hybridized carbons (Fsp3) is 0.625. The Morgan fingerprint density at radius 2 is 2.57 bits per heavy atom. The summed E-state index contributed by atoms with van der Waals surface area (Å²) in [5, 5.41) is 9.61. The summed E-state index contributed by atoms with van der Waals surface area (Å²) in [5.41, 5.74) is 0. The summed E-state index contributed by atoms with van der Waals surface area (Å²) in [7, 11) is 0. The van der Waals surface area contributed by atoms with Gasteiger partial charge in [-0.1, -0.05) is 0 Å². The number of ether oxygens (including phenoxy) is 1. The van der Waals surface area contributed by atoms with Crippen molar-refractivity contribution in [2.24, 2.45) is 0 Å². The Bertz CT molecular complexity index is 358. The third-order valence-electron chi connectivity index (χ3n) is 2.00. The van der Waals surface area contributed by atoms with E-state index in [1.165, 1.54) is 11.5 Å². The largest absolute Gasteiger partial charge is 0.360 e. The van der Waals surface area contributed by atoms with Crippen LogP contribution in [0.4, 0.5) is 5.13 Å². The predicted octanol–water partition coefficient (Wildman–Crippen LogP) is 0.575. The van der Waals surface area contributed by atoms with Crippen molar-refractivity contribution >= 4 is 16.7 Å². The van der Waals surface area contributed by atoms with Gasteiger partial charge in [0.15, 0.2) is 6.10 Å². The molecule has 2 rings (SSSR count). The second-order valence-corrected chi connectivity index (χ2v) is 3.79. The Morgan fingerprint density at radius 1 is 1.71 bits per heavy atom. The molecule has 1 unspecified atom stereocenters. The van der Waals surface area contributed by atoms with Gasteiger partial charge in [-0.3, -0.25) is 0 Å². The maximum Gasteiger partial charge on any atom is 0.205 e. The maximum atomic E-state index is 8.73. The molecule has 0 saturated carbocycles. The maximum absolute atomic E-state index is 8.73. The number of rotatable bonds is 1. The molecule has 5 nitrogen and oxygen atoms in total. The predicted molar refractivity (Wildman–Crippen MR) is 52.2 cm³/mol. The van der Waals surface area contributed by atoms with Crippen LogP contribution in [0.25, 0.3) is 0 Å². The highest BCUT2D eigenvalue weighted by molar-refractivity contribution is 7.09. The van der Waals surface area contributed by atoms with Gasteiger partial charge >= 0.3 is 0 Å². The van der Waals surface area contributed by atoms with Gasteiger partial charge in [-0.2, -0.15) is 9.64 Å². The standard InChI is InChI=1S/C8H10N4OS/c1-6-10-8(14-11-6)12-2-3-13-7(4-9)5-12/h7H,2-3,5H2,1H3. The summed E-state index contributed by atoms with van der Waals surface area (Å²) >= 11 is 1.37. The number of aromatic nitrogens is 2. The molecule has 14 heavy (non-hydrogen) atoms. The first-order valence-corrected chi connectivity index (χ1v) is 5.13. The zero-order chi connectivity index (χ0) is 9.97. The number of nitrogens with zero attached hydrogens (tertiary/aromatic N) is 4. The lowest BCUT2D eigenvalue weighted by atomic mass is 10.3. The van der Waals surface area contributed by atoms with E-state index in [0.29, 0.717) is 13.2 Å². The average molecular weight is 210 g/mol. The summed E-state index contributed by atoms with van der Waals surface area (Å²) in [5.74, 6) is 0.782. The molecule has 0 bridgehead atoms. The van der Waals surface area contributed by atoms with Gasteiger partial charge in [0.05, 0.1) is 19.2 Å². The molecule has 1 aliphatic rings. The Labute approximate surface area is 86.1 Å². The van der Waals surface area contributed by atoms with Crippen LogP contribution in [0.2, 0.25) is 0 Å². The number of hydrogen-bond acceptors (Lipinski definition) is 6. The molecule has 0 N–H and O–H groups in total. The first kappa shape index (κ1) is 9.37. The Hall–Kier alpha value is -1.19. The minimum Gasteiger partial charge on any atom is -0.360 e. The molecule has 0 spiro atoms. The number of nitriles is 1. The van der Waals surface area contributed by atoms with Crippen molar-refractivity contribution in [2.45, 2.75) is 13.0 Å². The molecule has 1 saturated heterocycles. The van der Waals surface area contributed by atoms with Gasteiger partial charge < -0.3 is 9.64 Å². The van der Waals surface area contributed by atoms with Crippen LogP contribution in [0.15, 0.2) is 0 Å². The number of morpholine rings is 1. The summed E-state index contributed by atoms with van der Waals surface area (Å²) in [6.07, 6.45) is -0.340. The van der Waals surface area contributed by atoms with Gasteiger partial charge in [0.1, 0.15) is 5.82 Å². The van der Waals surface area contributed by atoms with Crippen molar-refractivity contribution in [3.05, 3.63) is 5.82 Å². The molecule has 0 aromatic carbocycles. The number of aryl methyl sites for hydroxylation is 1. The van der Waals surface area contributed by atoms with Gasteiger partial charge in [0.25, 0.3) is 0 Å². The molecular formula is C8H10N4OS. The van der Waals surface area contributed by atoms with Crippen LogP contribution in [0.5, 0.6) is 0 Å². The van der Waals surface area contributed by atoms with Crippen LogP contribution >= 0.6 is 11.5 Å². The van der Waals surface area contributed by atoms with E-state index in [1.54, 1.807) is 0 Å². The highest BCUT2D eigenvalue weighted by Crippen LogP contribution is 2.19. The van der Waals surface area contributed by atoms with Crippen LogP contribution in [-0.2, 0) is 4.74 Å². The Morgan fingerprint density at radius 3 is 3.21 bits per heavy atom. The van der Waals surface area contributed by atoms with Crippen molar-refractivity contribution in [2.75, 3.05) is 24.6 Å². The normalized spacial score (nSPS) is 22.0. The summed E-state index contributed by atoms with van der Waals surface area (Å²) in [6, 6.07) is 2.10. The molecule has 0 amide bonds. The van der Waals surface area contributed by atoms with Crippen molar-refractivity contribution in [3.8, 4) is 6.07 Å². The van der Waals surface area contributed by atoms with Crippen molar-refractivity contribution in [1.29, 1.82) is 5.26 Å². The quantitative estimate of drug-likeness (QED) is 0.678. The SMILES string of the molecule is Cc1nsc(N2CCOC(C#N)C2)n1. The molecule has 1 fully saturated rings. The summed E-state index contributed by atoms with van der Waals surface area (Å²) < 4.78 is 9.35. The first-order valence-electron chi connectivity index (χ1n) is 4.36. The monoisotopic (exact) mass is 210 g/mol. The van der Waals surface area contributed by atoms with E-state index in [4.69, 9.17) is 10.00 Å². The molecule has 0 aliphatic carbocycles. The van der Waals surface area contributed by atoms with E-state index >= 15 is 0 Å². The van der Waals surface area contributed by atoms with E-state index in [9.17, 15) is 0 Å². The highest BCUT2D eigenvalue weighted by atomic mass is 32.1. The van der Waals surface area contributed by atoms with E-state index in [-0.39, 0.29) is 6.10 Å². The van der Waals surface area contributed by atoms with Crippen LogP contribution in [0.1, 0.15) is 5.82 Å². The molecule has 1 aromatic rings. The fourth-order valence-corrected chi connectivity index (χ4v) is 2.02. The highest BCUT2D eigenvalue weighted by Gasteiger charge is 2.22. The van der Waals surface area contributed by atoms with Crippen LogP contribution in [0.3, 0.4) is 0 Å². The molecule has 74 valence electrons.